The zero-order valence-corrected chi connectivity index (χ0v) is 16.8. The molecule has 0 spiro atoms. The molecule has 0 aliphatic heterocycles. The van der Waals surface area contributed by atoms with Gasteiger partial charge in [0.15, 0.2) is 0 Å². The molecular weight excluding hydrogens is 384 g/mol. The van der Waals surface area contributed by atoms with Crippen molar-refractivity contribution in [1.82, 2.24) is 4.31 Å². The molecule has 0 unspecified atom stereocenters. The van der Waals surface area contributed by atoms with E-state index in [1.165, 1.54) is 22.9 Å². The van der Waals surface area contributed by atoms with Gasteiger partial charge in [0.05, 0.1) is 4.90 Å². The van der Waals surface area contributed by atoms with Gasteiger partial charge in [-0.05, 0) is 55.3 Å². The van der Waals surface area contributed by atoms with Gasteiger partial charge < -0.3 is 5.32 Å². The molecule has 144 valence electrons. The molecule has 1 saturated carbocycles. The summed E-state index contributed by atoms with van der Waals surface area (Å²) in [5, 5.41) is 3.23. The summed E-state index contributed by atoms with van der Waals surface area (Å²) in [6.07, 6.45) is 5.12. The number of nitrogens with zero attached hydrogens (tertiary/aromatic N) is 1. The molecule has 1 N–H and O–H groups in total. The van der Waals surface area contributed by atoms with E-state index in [2.05, 4.69) is 5.32 Å². The van der Waals surface area contributed by atoms with Crippen molar-refractivity contribution in [2.75, 3.05) is 12.4 Å². The summed E-state index contributed by atoms with van der Waals surface area (Å²) in [7, 11) is -1.89. The summed E-state index contributed by atoms with van der Waals surface area (Å²) in [5.74, 6) is -0.299. The van der Waals surface area contributed by atoms with Gasteiger partial charge in [-0.1, -0.05) is 36.9 Å². The number of anilines is 1. The van der Waals surface area contributed by atoms with Crippen molar-refractivity contribution in [3.05, 3.63) is 59.1 Å². The third kappa shape index (κ3) is 4.69. The maximum atomic E-state index is 12.8. The zero-order valence-electron chi connectivity index (χ0n) is 15.2. The molecule has 0 atom stereocenters. The second kappa shape index (κ2) is 8.42. The lowest BCUT2D eigenvalue weighted by molar-refractivity contribution is 0.102. The van der Waals surface area contributed by atoms with Crippen molar-refractivity contribution in [2.24, 2.45) is 0 Å². The monoisotopic (exact) mass is 406 g/mol. The van der Waals surface area contributed by atoms with E-state index in [0.29, 0.717) is 16.3 Å². The maximum Gasteiger partial charge on any atom is 0.255 e. The standard InChI is InChI=1S/C20H23ClN2O3S/c1-23(18-8-3-2-4-9-18)27(25,26)19-12-10-17(11-13-19)22-20(24)15-6-5-7-16(21)14-15/h5-7,10-14,18H,2-4,8-9H2,1H3,(H,22,24). The van der Waals surface area contributed by atoms with Crippen molar-refractivity contribution < 1.29 is 13.2 Å². The molecule has 0 heterocycles. The van der Waals surface area contributed by atoms with E-state index in [1.54, 1.807) is 43.4 Å². The van der Waals surface area contributed by atoms with Crippen molar-refractivity contribution in [2.45, 2.75) is 43.0 Å². The maximum absolute atomic E-state index is 12.8. The molecule has 2 aromatic carbocycles. The highest BCUT2D eigenvalue weighted by Gasteiger charge is 2.28. The van der Waals surface area contributed by atoms with Gasteiger partial charge in [0.2, 0.25) is 10.0 Å². The molecule has 0 saturated heterocycles. The minimum Gasteiger partial charge on any atom is -0.322 e. The second-order valence-electron chi connectivity index (χ2n) is 6.80. The zero-order chi connectivity index (χ0) is 19.4. The van der Waals surface area contributed by atoms with Gasteiger partial charge in [0.25, 0.3) is 5.91 Å². The van der Waals surface area contributed by atoms with Crippen LogP contribution in [0.2, 0.25) is 5.02 Å². The first-order valence-corrected chi connectivity index (χ1v) is 10.8. The predicted octanol–water partition coefficient (Wildman–Crippen LogP) is 4.55. The summed E-state index contributed by atoms with van der Waals surface area (Å²) in [4.78, 5) is 12.5. The average Bonchev–Trinajstić information content (AvgIpc) is 2.68. The fourth-order valence-electron chi connectivity index (χ4n) is 3.35. The number of hydrogen-bond donors (Lipinski definition) is 1. The molecule has 7 heteroatoms. The van der Waals surface area contributed by atoms with Gasteiger partial charge in [0, 0.05) is 29.4 Å². The average molecular weight is 407 g/mol. The smallest absolute Gasteiger partial charge is 0.255 e. The number of benzene rings is 2. The highest BCUT2D eigenvalue weighted by Crippen LogP contribution is 2.27. The van der Waals surface area contributed by atoms with Crippen LogP contribution in [0.25, 0.3) is 0 Å². The molecule has 0 aromatic heterocycles. The molecule has 0 radical (unpaired) electrons. The molecule has 27 heavy (non-hydrogen) atoms. The largest absolute Gasteiger partial charge is 0.322 e. The molecule has 1 aliphatic rings. The lowest BCUT2D eigenvalue weighted by Gasteiger charge is -2.30. The number of rotatable bonds is 5. The van der Waals surface area contributed by atoms with E-state index in [9.17, 15) is 13.2 Å². The van der Waals surface area contributed by atoms with Gasteiger partial charge in [-0.15, -0.1) is 0 Å². The van der Waals surface area contributed by atoms with Crippen LogP contribution in [0.5, 0.6) is 0 Å². The van der Waals surface area contributed by atoms with Crippen molar-refractivity contribution in [1.29, 1.82) is 0 Å². The lowest BCUT2D eigenvalue weighted by atomic mass is 9.96. The van der Waals surface area contributed by atoms with Gasteiger partial charge in [-0.2, -0.15) is 4.31 Å². The van der Waals surface area contributed by atoms with Crippen LogP contribution < -0.4 is 5.32 Å². The Balaban J connectivity index is 1.71. The number of sulfonamides is 1. The quantitative estimate of drug-likeness (QED) is 0.792. The van der Waals surface area contributed by atoms with Crippen LogP contribution in [0.1, 0.15) is 42.5 Å². The Labute approximate surface area is 165 Å². The number of carbonyl (C=O) groups is 1. The van der Waals surface area contributed by atoms with E-state index in [4.69, 9.17) is 11.6 Å². The molecule has 2 aromatic rings. The van der Waals surface area contributed by atoms with Crippen LogP contribution in [0.15, 0.2) is 53.4 Å². The minimum absolute atomic E-state index is 0.0611. The van der Waals surface area contributed by atoms with Crippen molar-refractivity contribution >= 4 is 33.2 Å². The number of hydrogen-bond acceptors (Lipinski definition) is 3. The Morgan fingerprint density at radius 3 is 2.37 bits per heavy atom. The van der Waals surface area contributed by atoms with Crippen LogP contribution in [-0.4, -0.2) is 31.7 Å². The lowest BCUT2D eigenvalue weighted by Crippen LogP contribution is -2.38. The fourth-order valence-corrected chi connectivity index (χ4v) is 4.96. The molecule has 1 fully saturated rings. The Bertz CT molecular complexity index is 907. The van der Waals surface area contributed by atoms with Crippen molar-refractivity contribution in [3.8, 4) is 0 Å². The second-order valence-corrected chi connectivity index (χ2v) is 9.24. The third-order valence-corrected chi connectivity index (χ3v) is 7.12. The van der Waals surface area contributed by atoms with E-state index in [0.717, 1.165) is 25.7 Å². The van der Waals surface area contributed by atoms with E-state index < -0.39 is 10.0 Å². The topological polar surface area (TPSA) is 66.5 Å². The highest BCUT2D eigenvalue weighted by atomic mass is 35.5. The van der Waals surface area contributed by atoms with Crippen LogP contribution in [0, 0.1) is 0 Å². The minimum atomic E-state index is -3.54. The SMILES string of the molecule is CN(C1CCCCC1)S(=O)(=O)c1ccc(NC(=O)c2cccc(Cl)c2)cc1. The van der Waals surface area contributed by atoms with Crippen LogP contribution in [-0.2, 0) is 10.0 Å². The summed E-state index contributed by atoms with van der Waals surface area (Å²) in [5.41, 5.74) is 0.968. The number of carbonyl (C=O) groups excluding carboxylic acids is 1. The van der Waals surface area contributed by atoms with E-state index in [-0.39, 0.29) is 16.8 Å². The van der Waals surface area contributed by atoms with Crippen LogP contribution in [0.4, 0.5) is 5.69 Å². The van der Waals surface area contributed by atoms with Crippen LogP contribution >= 0.6 is 11.6 Å². The van der Waals surface area contributed by atoms with Crippen LogP contribution in [0.3, 0.4) is 0 Å². The Hall–Kier alpha value is -1.89. The number of amides is 1. The first-order valence-electron chi connectivity index (χ1n) is 9.03. The molecule has 0 bridgehead atoms. The first-order chi connectivity index (χ1) is 12.9. The fraction of sp³-hybridized carbons (Fsp3) is 0.350. The van der Waals surface area contributed by atoms with Gasteiger partial charge in [-0.25, -0.2) is 8.42 Å². The normalized spacial score (nSPS) is 15.7. The van der Waals surface area contributed by atoms with Gasteiger partial charge in [-0.3, -0.25) is 4.79 Å². The third-order valence-electron chi connectivity index (χ3n) is 4.96. The Kier molecular flexibility index (Phi) is 6.19. The van der Waals surface area contributed by atoms with E-state index >= 15 is 0 Å². The molecule has 1 aliphatic carbocycles. The number of nitrogens with one attached hydrogen (secondary N) is 1. The molecular formula is C20H23ClN2O3S. The highest BCUT2D eigenvalue weighted by molar-refractivity contribution is 7.89. The first kappa shape index (κ1) is 19.9. The summed E-state index contributed by atoms with van der Waals surface area (Å²) >= 11 is 5.91. The molecule has 1 amide bonds. The molecule has 5 nitrogen and oxygen atoms in total. The summed E-state index contributed by atoms with van der Waals surface area (Å²) in [6.45, 7) is 0. The van der Waals surface area contributed by atoms with E-state index in [1.807, 2.05) is 0 Å². The van der Waals surface area contributed by atoms with Gasteiger partial charge >= 0.3 is 0 Å². The number of halogens is 1. The Morgan fingerprint density at radius 2 is 1.74 bits per heavy atom. The van der Waals surface area contributed by atoms with Crippen molar-refractivity contribution in [3.63, 3.8) is 0 Å². The Morgan fingerprint density at radius 1 is 1.07 bits per heavy atom. The predicted molar refractivity (Wildman–Crippen MR) is 108 cm³/mol. The summed E-state index contributed by atoms with van der Waals surface area (Å²) in [6, 6.07) is 13.0. The van der Waals surface area contributed by atoms with Gasteiger partial charge in [0.1, 0.15) is 0 Å². The summed E-state index contributed by atoms with van der Waals surface area (Å²) < 4.78 is 27.2. The molecule has 3 rings (SSSR count).